The van der Waals surface area contributed by atoms with Crippen LogP contribution in [0, 0.1) is 0 Å². The van der Waals surface area contributed by atoms with Gasteiger partial charge in [0.25, 0.3) is 5.91 Å². The van der Waals surface area contributed by atoms with Gasteiger partial charge in [0, 0.05) is 16.3 Å². The molecule has 2 N–H and O–H groups in total. The highest BCUT2D eigenvalue weighted by Crippen LogP contribution is 2.33. The molecule has 0 unspecified atom stereocenters. The zero-order valence-corrected chi connectivity index (χ0v) is 19.2. The second kappa shape index (κ2) is 8.90. The van der Waals surface area contributed by atoms with Gasteiger partial charge in [0.1, 0.15) is 18.7 Å². The number of fused-ring (bicyclic) bond motifs is 2. The number of thiocarbonyl (C=S) groups is 1. The summed E-state index contributed by atoms with van der Waals surface area (Å²) in [6.45, 7) is 0.920. The summed E-state index contributed by atoms with van der Waals surface area (Å²) in [5.41, 5.74) is 2.78. The number of anilines is 1. The van der Waals surface area contributed by atoms with Crippen LogP contribution in [0.5, 0.6) is 11.5 Å². The standard InChI is InChI=1S/C23H15Cl2N3O4S/c24-13-2-4-16(25)15(10-13)22-27-17-11-14(3-6-18(17)32-22)26-23(33)28-21(29)12-1-5-19-20(9-12)31-8-7-30-19/h1-6,9-11H,7-8H2,(H2,26,28,29,33). The van der Waals surface area contributed by atoms with Crippen LogP contribution in [0.25, 0.3) is 22.6 Å². The van der Waals surface area contributed by atoms with Crippen LogP contribution in [0.1, 0.15) is 10.4 Å². The van der Waals surface area contributed by atoms with Crippen LogP contribution >= 0.6 is 35.4 Å². The smallest absolute Gasteiger partial charge is 0.257 e. The van der Waals surface area contributed by atoms with Crippen molar-refractivity contribution in [3.05, 3.63) is 70.2 Å². The molecule has 33 heavy (non-hydrogen) atoms. The van der Waals surface area contributed by atoms with E-state index < -0.39 is 0 Å². The highest BCUT2D eigenvalue weighted by molar-refractivity contribution is 7.80. The second-order valence-corrected chi connectivity index (χ2v) is 8.34. The van der Waals surface area contributed by atoms with Crippen molar-refractivity contribution in [3.8, 4) is 23.0 Å². The Kier molecular flexibility index (Phi) is 5.80. The SMILES string of the molecule is O=C(NC(=S)Nc1ccc2oc(-c3cc(Cl)ccc3Cl)nc2c1)c1ccc2c(c1)OCCO2. The van der Waals surface area contributed by atoms with E-state index in [9.17, 15) is 4.79 Å². The van der Waals surface area contributed by atoms with Crippen molar-refractivity contribution in [3.63, 3.8) is 0 Å². The Labute approximate surface area is 203 Å². The highest BCUT2D eigenvalue weighted by atomic mass is 35.5. The van der Waals surface area contributed by atoms with E-state index in [2.05, 4.69) is 15.6 Å². The number of hydrogen-bond acceptors (Lipinski definition) is 6. The van der Waals surface area contributed by atoms with Gasteiger partial charge in [-0.25, -0.2) is 4.98 Å². The summed E-state index contributed by atoms with van der Waals surface area (Å²) < 4.78 is 16.8. The average molecular weight is 500 g/mol. The van der Waals surface area contributed by atoms with Gasteiger partial charge in [0.05, 0.1) is 10.6 Å². The molecular weight excluding hydrogens is 485 g/mol. The van der Waals surface area contributed by atoms with E-state index in [0.717, 1.165) is 0 Å². The molecule has 7 nitrogen and oxygen atoms in total. The lowest BCUT2D eigenvalue weighted by Crippen LogP contribution is -2.34. The normalized spacial score (nSPS) is 12.4. The Hall–Kier alpha value is -3.33. The lowest BCUT2D eigenvalue weighted by Gasteiger charge is -2.18. The minimum atomic E-state index is -0.370. The number of nitrogens with one attached hydrogen (secondary N) is 2. The third-order valence-corrected chi connectivity index (χ3v) is 5.60. The molecule has 0 radical (unpaired) electrons. The Morgan fingerprint density at radius 3 is 2.64 bits per heavy atom. The molecule has 0 fully saturated rings. The number of carbonyl (C=O) groups is 1. The van der Waals surface area contributed by atoms with Gasteiger partial charge in [-0.2, -0.15) is 0 Å². The summed E-state index contributed by atoms with van der Waals surface area (Å²) in [6.07, 6.45) is 0. The summed E-state index contributed by atoms with van der Waals surface area (Å²) in [5.74, 6) is 1.12. The predicted octanol–water partition coefficient (Wildman–Crippen LogP) is 5.70. The first-order chi connectivity index (χ1) is 16.0. The number of halogens is 2. The maximum absolute atomic E-state index is 12.6. The number of hydrogen-bond donors (Lipinski definition) is 2. The van der Waals surface area contributed by atoms with Crippen molar-refractivity contribution < 1.29 is 18.7 Å². The molecule has 0 spiro atoms. The molecule has 3 aromatic carbocycles. The minimum absolute atomic E-state index is 0.135. The molecule has 4 aromatic rings. The number of oxazole rings is 1. The maximum atomic E-state index is 12.6. The third-order valence-electron chi connectivity index (χ3n) is 4.84. The van der Waals surface area contributed by atoms with Gasteiger partial charge in [-0.05, 0) is 66.8 Å². The van der Waals surface area contributed by atoms with E-state index in [1.54, 1.807) is 54.6 Å². The van der Waals surface area contributed by atoms with Crippen LogP contribution in [-0.2, 0) is 0 Å². The van der Waals surface area contributed by atoms with Crippen molar-refractivity contribution >= 4 is 63.2 Å². The highest BCUT2D eigenvalue weighted by Gasteiger charge is 2.16. The first kappa shape index (κ1) is 21.5. The number of ether oxygens (including phenoxy) is 2. The first-order valence-electron chi connectivity index (χ1n) is 9.84. The van der Waals surface area contributed by atoms with Gasteiger partial charge >= 0.3 is 0 Å². The van der Waals surface area contributed by atoms with E-state index in [-0.39, 0.29) is 11.0 Å². The lowest BCUT2D eigenvalue weighted by atomic mass is 10.2. The molecule has 2 heterocycles. The van der Waals surface area contributed by atoms with Crippen molar-refractivity contribution in [2.45, 2.75) is 0 Å². The zero-order chi connectivity index (χ0) is 22.9. The molecule has 1 aromatic heterocycles. The van der Waals surface area contributed by atoms with Crippen molar-refractivity contribution in [2.24, 2.45) is 0 Å². The number of rotatable bonds is 3. The van der Waals surface area contributed by atoms with Crippen LogP contribution in [0.2, 0.25) is 10.0 Å². The van der Waals surface area contributed by atoms with E-state index in [0.29, 0.717) is 68.6 Å². The number of nitrogens with zero attached hydrogens (tertiary/aromatic N) is 1. The summed E-state index contributed by atoms with van der Waals surface area (Å²) in [5, 5.41) is 6.77. The molecule has 0 saturated carbocycles. The van der Waals surface area contributed by atoms with E-state index in [1.807, 2.05) is 0 Å². The zero-order valence-electron chi connectivity index (χ0n) is 16.9. The van der Waals surface area contributed by atoms with Crippen molar-refractivity contribution in [1.29, 1.82) is 0 Å². The van der Waals surface area contributed by atoms with Gasteiger partial charge in [-0.15, -0.1) is 0 Å². The summed E-state index contributed by atoms with van der Waals surface area (Å²) in [6, 6.07) is 15.3. The fraction of sp³-hybridized carbons (Fsp3) is 0.0870. The largest absolute Gasteiger partial charge is 0.486 e. The predicted molar refractivity (Wildman–Crippen MR) is 131 cm³/mol. The third kappa shape index (κ3) is 4.59. The molecule has 166 valence electrons. The van der Waals surface area contributed by atoms with Crippen LogP contribution < -0.4 is 20.1 Å². The number of amides is 1. The Morgan fingerprint density at radius 2 is 1.79 bits per heavy atom. The summed E-state index contributed by atoms with van der Waals surface area (Å²) in [4.78, 5) is 17.1. The molecule has 0 aliphatic carbocycles. The molecule has 1 amide bonds. The number of aromatic nitrogens is 1. The topological polar surface area (TPSA) is 85.6 Å². The minimum Gasteiger partial charge on any atom is -0.486 e. The maximum Gasteiger partial charge on any atom is 0.257 e. The molecule has 0 atom stereocenters. The van der Waals surface area contributed by atoms with Crippen LogP contribution in [0.15, 0.2) is 59.0 Å². The van der Waals surface area contributed by atoms with Crippen molar-refractivity contribution in [2.75, 3.05) is 18.5 Å². The van der Waals surface area contributed by atoms with E-state index in [4.69, 9.17) is 49.3 Å². The average Bonchev–Trinajstić information content (AvgIpc) is 3.23. The molecule has 1 aliphatic heterocycles. The monoisotopic (exact) mass is 499 g/mol. The van der Waals surface area contributed by atoms with Gasteiger partial charge in [-0.1, -0.05) is 23.2 Å². The van der Waals surface area contributed by atoms with Gasteiger partial charge in [-0.3, -0.25) is 10.1 Å². The lowest BCUT2D eigenvalue weighted by molar-refractivity contribution is 0.0976. The summed E-state index contributed by atoms with van der Waals surface area (Å²) >= 11 is 17.6. The van der Waals surface area contributed by atoms with E-state index in [1.165, 1.54) is 0 Å². The van der Waals surface area contributed by atoms with Crippen LogP contribution in [0.4, 0.5) is 5.69 Å². The van der Waals surface area contributed by atoms with Crippen LogP contribution in [-0.4, -0.2) is 29.2 Å². The van der Waals surface area contributed by atoms with Gasteiger partial charge in [0.2, 0.25) is 5.89 Å². The molecule has 0 saturated heterocycles. The first-order valence-corrected chi connectivity index (χ1v) is 11.0. The van der Waals surface area contributed by atoms with Crippen LogP contribution in [0.3, 0.4) is 0 Å². The van der Waals surface area contributed by atoms with Crippen molar-refractivity contribution in [1.82, 2.24) is 10.3 Å². The Balaban J connectivity index is 1.30. The Bertz CT molecular complexity index is 1410. The number of carbonyl (C=O) groups excluding carboxylic acids is 1. The molecule has 5 rings (SSSR count). The summed E-state index contributed by atoms with van der Waals surface area (Å²) in [7, 11) is 0. The Morgan fingerprint density at radius 1 is 0.970 bits per heavy atom. The molecule has 1 aliphatic rings. The second-order valence-electron chi connectivity index (χ2n) is 7.09. The fourth-order valence-corrected chi connectivity index (χ4v) is 3.89. The molecular formula is C23H15Cl2N3O4S. The fourth-order valence-electron chi connectivity index (χ4n) is 3.30. The van der Waals surface area contributed by atoms with E-state index >= 15 is 0 Å². The van der Waals surface area contributed by atoms with Gasteiger partial charge in [0.15, 0.2) is 22.2 Å². The molecule has 0 bridgehead atoms. The van der Waals surface area contributed by atoms with Gasteiger partial charge < -0.3 is 19.2 Å². The quantitative estimate of drug-likeness (QED) is 0.349. The number of benzene rings is 3. The molecule has 10 heteroatoms.